The molecular weight excluding hydrogens is 458 g/mol. The van der Waals surface area contributed by atoms with E-state index >= 15 is 0 Å². The maximum absolute atomic E-state index is 11.8. The summed E-state index contributed by atoms with van der Waals surface area (Å²) in [5.74, 6) is 0. The van der Waals surface area contributed by atoms with Crippen molar-refractivity contribution in [2.75, 3.05) is 13.1 Å². The average Bonchev–Trinajstić information content (AvgIpc) is 2.87. The van der Waals surface area contributed by atoms with Crippen molar-refractivity contribution < 1.29 is 9.22 Å². The molecule has 1 aliphatic heterocycles. The fourth-order valence-electron chi connectivity index (χ4n) is 5.15. The van der Waals surface area contributed by atoms with E-state index in [2.05, 4.69) is 130 Å². The average molecular weight is 498 g/mol. The summed E-state index contributed by atoms with van der Waals surface area (Å²) in [5.41, 5.74) is 4.23. The van der Waals surface area contributed by atoms with E-state index in [0.717, 1.165) is 24.8 Å². The number of likely N-dealkylation sites (tertiary alicyclic amines) is 1. The summed E-state index contributed by atoms with van der Waals surface area (Å²) in [6.07, 6.45) is 3.49. The zero-order valence-electron chi connectivity index (χ0n) is 22.3. The summed E-state index contributed by atoms with van der Waals surface area (Å²) < 4.78 is 6.87. The molecule has 0 radical (unpaired) electrons. The number of piperidine rings is 1. The monoisotopic (exact) mass is 497 g/mol. The van der Waals surface area contributed by atoms with Crippen LogP contribution in [0.15, 0.2) is 103 Å². The molecule has 0 aromatic heterocycles. The van der Waals surface area contributed by atoms with Crippen molar-refractivity contribution in [3.8, 4) is 0 Å². The molecule has 1 fully saturated rings. The highest BCUT2D eigenvalue weighted by Gasteiger charge is 2.46. The first-order valence-corrected chi connectivity index (χ1v) is 15.8. The first-order valence-electron chi connectivity index (χ1n) is 12.9. The van der Waals surface area contributed by atoms with Gasteiger partial charge in [0, 0.05) is 13.1 Å². The molecule has 0 bridgehead atoms. The standard InChI is InChI=1S/C32H39NO2Si/c1-31(2,3)36(4,5)35-30-21-23-33(25-26(30)22-24-34)32(27-15-9-6-10-16-27,28-17-11-7-12-18-28)29-19-13-8-14-20-29/h6-20,22,24,30H,21,23,25H2,1-5H3/b26-22-. The molecule has 0 spiro atoms. The molecular formula is C32H39NO2Si. The Kier molecular flexibility index (Phi) is 7.79. The summed E-state index contributed by atoms with van der Waals surface area (Å²) in [6.45, 7) is 12.9. The van der Waals surface area contributed by atoms with Crippen molar-refractivity contribution in [1.29, 1.82) is 0 Å². The Balaban J connectivity index is 1.84. The normalized spacial score (nSPS) is 18.8. The third-order valence-electron chi connectivity index (χ3n) is 8.02. The topological polar surface area (TPSA) is 29.5 Å². The lowest BCUT2D eigenvalue weighted by molar-refractivity contribution is -0.104. The Bertz CT molecular complexity index is 1070. The first-order chi connectivity index (χ1) is 17.2. The molecule has 3 aromatic carbocycles. The van der Waals surface area contributed by atoms with Crippen LogP contribution in [0.3, 0.4) is 0 Å². The number of carbonyl (C=O) groups is 1. The van der Waals surface area contributed by atoms with Crippen molar-refractivity contribution in [2.24, 2.45) is 0 Å². The van der Waals surface area contributed by atoms with Gasteiger partial charge in [-0.15, -0.1) is 0 Å². The Hall–Kier alpha value is -2.79. The molecule has 1 atom stereocenters. The summed E-state index contributed by atoms with van der Waals surface area (Å²) in [6, 6.07) is 32.3. The molecule has 0 N–H and O–H groups in total. The minimum atomic E-state index is -2.00. The highest BCUT2D eigenvalue weighted by atomic mass is 28.4. The zero-order chi connectivity index (χ0) is 25.8. The molecule has 1 aliphatic rings. The number of allylic oxidation sites excluding steroid dienone is 1. The van der Waals surface area contributed by atoms with E-state index in [4.69, 9.17) is 4.43 Å². The maximum atomic E-state index is 11.8. The smallest absolute Gasteiger partial charge is 0.192 e. The van der Waals surface area contributed by atoms with E-state index in [9.17, 15) is 4.79 Å². The van der Waals surface area contributed by atoms with Gasteiger partial charge in [0.25, 0.3) is 0 Å². The van der Waals surface area contributed by atoms with Crippen molar-refractivity contribution >= 4 is 14.6 Å². The number of hydrogen-bond donors (Lipinski definition) is 0. The molecule has 4 rings (SSSR count). The number of nitrogens with zero attached hydrogens (tertiary/aromatic N) is 1. The van der Waals surface area contributed by atoms with Crippen molar-refractivity contribution in [3.63, 3.8) is 0 Å². The third kappa shape index (κ3) is 5.03. The van der Waals surface area contributed by atoms with Crippen molar-refractivity contribution in [1.82, 2.24) is 4.90 Å². The lowest BCUT2D eigenvalue weighted by Gasteiger charge is -2.50. The van der Waals surface area contributed by atoms with E-state index in [1.807, 2.05) is 0 Å². The second-order valence-electron chi connectivity index (χ2n) is 11.3. The number of aldehydes is 1. The van der Waals surface area contributed by atoms with Crippen LogP contribution in [0.4, 0.5) is 0 Å². The van der Waals surface area contributed by atoms with Crippen LogP contribution in [0.2, 0.25) is 18.1 Å². The minimum absolute atomic E-state index is 0.0349. The maximum Gasteiger partial charge on any atom is 0.192 e. The summed E-state index contributed by atoms with van der Waals surface area (Å²) in [5, 5.41) is 0.109. The first kappa shape index (κ1) is 26.3. The van der Waals surface area contributed by atoms with E-state index in [-0.39, 0.29) is 11.1 Å². The Labute approximate surface area is 217 Å². The van der Waals surface area contributed by atoms with E-state index < -0.39 is 13.9 Å². The molecule has 0 saturated carbocycles. The van der Waals surface area contributed by atoms with Gasteiger partial charge in [-0.05, 0) is 52.9 Å². The van der Waals surface area contributed by atoms with Gasteiger partial charge in [-0.2, -0.15) is 0 Å². The third-order valence-corrected chi connectivity index (χ3v) is 12.5. The van der Waals surface area contributed by atoms with E-state index in [1.54, 1.807) is 6.08 Å². The van der Waals surface area contributed by atoms with Gasteiger partial charge in [0.15, 0.2) is 8.32 Å². The Morgan fingerprint density at radius 2 is 1.25 bits per heavy atom. The van der Waals surface area contributed by atoms with Gasteiger partial charge in [0.2, 0.25) is 0 Å². The van der Waals surface area contributed by atoms with Crippen LogP contribution in [0.25, 0.3) is 0 Å². The Morgan fingerprint density at radius 1 is 0.806 bits per heavy atom. The molecule has 1 heterocycles. The molecule has 3 nitrogen and oxygen atoms in total. The highest BCUT2D eigenvalue weighted by molar-refractivity contribution is 6.74. The molecule has 1 unspecified atom stereocenters. The summed E-state index contributed by atoms with van der Waals surface area (Å²) >= 11 is 0. The van der Waals surface area contributed by atoms with Gasteiger partial charge in [-0.25, -0.2) is 0 Å². The van der Waals surface area contributed by atoms with Crippen LogP contribution < -0.4 is 0 Å². The minimum Gasteiger partial charge on any atom is -0.410 e. The highest BCUT2D eigenvalue weighted by Crippen LogP contribution is 2.45. The van der Waals surface area contributed by atoms with Crippen LogP contribution in [0.5, 0.6) is 0 Å². The van der Waals surface area contributed by atoms with Crippen LogP contribution >= 0.6 is 0 Å². The fourth-order valence-corrected chi connectivity index (χ4v) is 6.48. The van der Waals surface area contributed by atoms with Crippen LogP contribution in [-0.4, -0.2) is 38.7 Å². The van der Waals surface area contributed by atoms with Crippen molar-refractivity contribution in [3.05, 3.63) is 119 Å². The van der Waals surface area contributed by atoms with E-state index in [0.29, 0.717) is 6.54 Å². The Morgan fingerprint density at radius 3 is 1.64 bits per heavy atom. The molecule has 188 valence electrons. The SMILES string of the molecule is CC(C)(C)[Si](C)(C)OC1CCN(C(c2ccccc2)(c2ccccc2)c2ccccc2)C/C1=C/C=O. The molecule has 0 amide bonds. The second kappa shape index (κ2) is 10.7. The summed E-state index contributed by atoms with van der Waals surface area (Å²) in [4.78, 5) is 14.3. The second-order valence-corrected chi connectivity index (χ2v) is 16.0. The van der Waals surface area contributed by atoms with Crippen molar-refractivity contribution in [2.45, 2.75) is 57.0 Å². The molecule has 1 saturated heterocycles. The van der Waals surface area contributed by atoms with Gasteiger partial charge in [-0.1, -0.05) is 112 Å². The van der Waals surface area contributed by atoms with Crippen LogP contribution in [-0.2, 0) is 14.8 Å². The lowest BCUT2D eigenvalue weighted by atomic mass is 9.74. The van der Waals surface area contributed by atoms with Gasteiger partial charge in [-0.3, -0.25) is 9.69 Å². The lowest BCUT2D eigenvalue weighted by Crippen LogP contribution is -2.55. The van der Waals surface area contributed by atoms with Crippen LogP contribution in [0, 0.1) is 0 Å². The molecule has 4 heteroatoms. The predicted octanol–water partition coefficient (Wildman–Crippen LogP) is 7.20. The molecule has 3 aromatic rings. The molecule has 0 aliphatic carbocycles. The van der Waals surface area contributed by atoms with Crippen LogP contribution in [0.1, 0.15) is 43.9 Å². The van der Waals surface area contributed by atoms with Gasteiger partial charge in [0.05, 0.1) is 11.6 Å². The van der Waals surface area contributed by atoms with E-state index in [1.165, 1.54) is 16.7 Å². The largest absolute Gasteiger partial charge is 0.410 e. The quantitative estimate of drug-likeness (QED) is 0.150. The van der Waals surface area contributed by atoms with Gasteiger partial charge >= 0.3 is 0 Å². The summed E-state index contributed by atoms with van der Waals surface area (Å²) in [7, 11) is -2.00. The predicted molar refractivity (Wildman–Crippen MR) is 152 cm³/mol. The number of benzene rings is 3. The molecule has 36 heavy (non-hydrogen) atoms. The number of carbonyl (C=O) groups excluding carboxylic acids is 1. The van der Waals surface area contributed by atoms with Gasteiger partial charge < -0.3 is 4.43 Å². The van der Waals surface area contributed by atoms with Gasteiger partial charge in [0.1, 0.15) is 6.29 Å². The fraction of sp³-hybridized carbons (Fsp3) is 0.344. The number of hydrogen-bond acceptors (Lipinski definition) is 3. The number of rotatable bonds is 7. The zero-order valence-corrected chi connectivity index (χ0v) is 23.3.